The quantitative estimate of drug-likeness (QED) is 0.359. The van der Waals surface area contributed by atoms with Crippen molar-refractivity contribution in [3.05, 3.63) is 108 Å². The third-order valence-corrected chi connectivity index (χ3v) is 6.53. The number of likely N-dealkylation sites (tertiary alicyclic amines) is 1. The maximum Gasteiger partial charge on any atom is 0.280 e. The van der Waals surface area contributed by atoms with Gasteiger partial charge in [0.05, 0.1) is 12.6 Å². The van der Waals surface area contributed by atoms with Gasteiger partial charge in [0.2, 0.25) is 5.95 Å². The average Bonchev–Trinajstić information content (AvgIpc) is 3.40. The fourth-order valence-corrected chi connectivity index (χ4v) is 4.46. The van der Waals surface area contributed by atoms with Crippen LogP contribution in [-0.2, 0) is 13.1 Å². The maximum atomic E-state index is 13.0. The van der Waals surface area contributed by atoms with Crippen molar-refractivity contribution in [1.29, 1.82) is 0 Å². The van der Waals surface area contributed by atoms with E-state index in [-0.39, 0.29) is 24.2 Å². The molecule has 1 unspecified atom stereocenters. The van der Waals surface area contributed by atoms with Crippen LogP contribution in [0.2, 0.25) is 0 Å². The van der Waals surface area contributed by atoms with Crippen molar-refractivity contribution in [2.24, 2.45) is 0 Å². The zero-order chi connectivity index (χ0) is 25.5. The zero-order valence-corrected chi connectivity index (χ0v) is 20.3. The number of nitrogens with one attached hydrogen (secondary N) is 1. The Bertz CT molecular complexity index is 1160. The normalized spacial score (nSPS) is 17.0. The van der Waals surface area contributed by atoms with Crippen LogP contribution in [0.25, 0.3) is 0 Å². The summed E-state index contributed by atoms with van der Waals surface area (Å²) in [6, 6.07) is 15.2. The van der Waals surface area contributed by atoms with E-state index in [2.05, 4.69) is 45.6 Å². The molecule has 1 saturated heterocycles. The molecule has 5 rings (SSSR count). The number of hydrogen-bond acceptors (Lipinski definition) is 4. The van der Waals surface area contributed by atoms with Gasteiger partial charge in [-0.3, -0.25) is 4.68 Å². The van der Waals surface area contributed by atoms with Gasteiger partial charge in [0.1, 0.15) is 5.69 Å². The lowest BCUT2D eigenvalue weighted by molar-refractivity contribution is 0.139. The largest absolute Gasteiger partial charge is 0.383 e. The van der Waals surface area contributed by atoms with Gasteiger partial charge in [0, 0.05) is 42.4 Å². The number of pyridine rings is 1. The van der Waals surface area contributed by atoms with E-state index < -0.39 is 6.43 Å². The van der Waals surface area contributed by atoms with Crippen molar-refractivity contribution in [2.75, 3.05) is 6.54 Å². The lowest BCUT2D eigenvalue weighted by Crippen LogP contribution is -2.36. The summed E-state index contributed by atoms with van der Waals surface area (Å²) in [5.74, 6) is 0.179. The molecule has 0 radical (unpaired) electrons. The van der Waals surface area contributed by atoms with E-state index in [4.69, 9.17) is 0 Å². The highest BCUT2D eigenvalue weighted by Crippen LogP contribution is 2.40. The van der Waals surface area contributed by atoms with Crippen LogP contribution in [0.15, 0.2) is 85.5 Å². The molecule has 8 heteroatoms. The molecule has 3 heterocycles. The molecule has 1 N–H and O–H groups in total. The van der Waals surface area contributed by atoms with Crippen LogP contribution in [0.5, 0.6) is 0 Å². The van der Waals surface area contributed by atoms with Gasteiger partial charge in [0.25, 0.3) is 6.43 Å². The van der Waals surface area contributed by atoms with Gasteiger partial charge in [-0.15, -0.1) is 0 Å². The standard InChI is InChI=1S/C20H24F2N4.C8H8FN/c1-15(14-26-19(20(21)22)10-11-24-26)25-12-6-9-18(25)16(2)23-13-17-7-4-3-5-8-17;9-8-7(6-3-4-6)2-1-5-10-8/h3-5,7-8,10-11,18,20,23H,1-2,6,9,12-14H2;1-2,5-6H,3-4H2. The number of halogens is 3. The van der Waals surface area contributed by atoms with Crippen LogP contribution in [0.1, 0.15) is 54.8 Å². The first-order valence-corrected chi connectivity index (χ1v) is 12.2. The molecule has 2 aromatic heterocycles. The highest BCUT2D eigenvalue weighted by molar-refractivity contribution is 5.21. The van der Waals surface area contributed by atoms with Crippen molar-refractivity contribution >= 4 is 0 Å². The molecule has 0 spiro atoms. The Morgan fingerprint density at radius 1 is 1.03 bits per heavy atom. The van der Waals surface area contributed by atoms with Gasteiger partial charge < -0.3 is 10.2 Å². The molecule has 2 fully saturated rings. The fraction of sp³-hybridized carbons (Fsp3) is 0.357. The molecule has 1 aromatic carbocycles. The van der Waals surface area contributed by atoms with Crippen LogP contribution in [-0.4, -0.2) is 32.3 Å². The number of benzene rings is 1. The predicted octanol–water partition coefficient (Wildman–Crippen LogP) is 6.20. The highest BCUT2D eigenvalue weighted by Gasteiger charge is 2.28. The molecule has 3 aromatic rings. The van der Waals surface area contributed by atoms with Crippen molar-refractivity contribution in [2.45, 2.75) is 57.2 Å². The van der Waals surface area contributed by atoms with Crippen molar-refractivity contribution < 1.29 is 13.2 Å². The third kappa shape index (κ3) is 6.56. The molecule has 1 saturated carbocycles. The molecule has 0 bridgehead atoms. The SMILES string of the molecule is C=C(NCc1ccccc1)C1CCCN1C(=C)Cn1nccc1C(F)F.Fc1ncccc1C1CC1. The van der Waals surface area contributed by atoms with Gasteiger partial charge in [-0.1, -0.05) is 49.6 Å². The van der Waals surface area contributed by atoms with E-state index in [9.17, 15) is 13.2 Å². The summed E-state index contributed by atoms with van der Waals surface area (Å²) in [5.41, 5.74) is 3.61. The number of rotatable bonds is 9. The second kappa shape index (κ2) is 11.9. The Morgan fingerprint density at radius 3 is 2.50 bits per heavy atom. The Hall–Kier alpha value is -3.55. The Labute approximate surface area is 210 Å². The van der Waals surface area contributed by atoms with E-state index in [1.807, 2.05) is 24.3 Å². The summed E-state index contributed by atoms with van der Waals surface area (Å²) in [5, 5.41) is 7.40. The van der Waals surface area contributed by atoms with E-state index in [1.165, 1.54) is 28.7 Å². The Kier molecular flexibility index (Phi) is 8.46. The summed E-state index contributed by atoms with van der Waals surface area (Å²) in [6.45, 7) is 10.1. The monoisotopic (exact) mass is 495 g/mol. The lowest BCUT2D eigenvalue weighted by atomic mass is 10.1. The van der Waals surface area contributed by atoms with Gasteiger partial charge in [-0.2, -0.15) is 9.49 Å². The van der Waals surface area contributed by atoms with Crippen LogP contribution in [0, 0.1) is 5.95 Å². The lowest BCUT2D eigenvalue weighted by Gasteiger charge is -2.30. The summed E-state index contributed by atoms with van der Waals surface area (Å²) >= 11 is 0. The molecule has 1 aliphatic heterocycles. The minimum atomic E-state index is -2.54. The zero-order valence-electron chi connectivity index (χ0n) is 20.3. The molecular formula is C28H32F3N5. The molecular weight excluding hydrogens is 463 g/mol. The summed E-state index contributed by atoms with van der Waals surface area (Å²) in [4.78, 5) is 5.72. The minimum Gasteiger partial charge on any atom is -0.383 e. The number of nitrogens with zero attached hydrogens (tertiary/aromatic N) is 4. The summed E-state index contributed by atoms with van der Waals surface area (Å²) in [6.07, 6.45) is 4.60. The number of alkyl halides is 2. The fourth-order valence-electron chi connectivity index (χ4n) is 4.46. The summed E-state index contributed by atoms with van der Waals surface area (Å²) < 4.78 is 40.1. The first-order chi connectivity index (χ1) is 17.4. The van der Waals surface area contributed by atoms with Crippen LogP contribution in [0.3, 0.4) is 0 Å². The topological polar surface area (TPSA) is 46.0 Å². The number of allylic oxidation sites excluding steroid dienone is 1. The highest BCUT2D eigenvalue weighted by atomic mass is 19.3. The smallest absolute Gasteiger partial charge is 0.280 e. The van der Waals surface area contributed by atoms with Crippen LogP contribution >= 0.6 is 0 Å². The molecule has 1 aliphatic carbocycles. The second-order valence-electron chi connectivity index (χ2n) is 9.15. The number of aromatic nitrogens is 3. The van der Waals surface area contributed by atoms with Crippen molar-refractivity contribution in [3.63, 3.8) is 0 Å². The maximum absolute atomic E-state index is 13.0. The van der Waals surface area contributed by atoms with E-state index in [0.29, 0.717) is 12.5 Å². The molecule has 5 nitrogen and oxygen atoms in total. The summed E-state index contributed by atoms with van der Waals surface area (Å²) in [7, 11) is 0. The van der Waals surface area contributed by atoms with Gasteiger partial charge in [-0.25, -0.2) is 13.8 Å². The molecule has 2 aliphatic rings. The van der Waals surface area contributed by atoms with Crippen molar-refractivity contribution in [3.8, 4) is 0 Å². The Morgan fingerprint density at radius 2 is 1.81 bits per heavy atom. The van der Waals surface area contributed by atoms with Crippen LogP contribution in [0.4, 0.5) is 13.2 Å². The average molecular weight is 496 g/mol. The van der Waals surface area contributed by atoms with E-state index in [1.54, 1.807) is 6.07 Å². The van der Waals surface area contributed by atoms with E-state index in [0.717, 1.165) is 49.2 Å². The first kappa shape index (κ1) is 25.5. The Balaban J connectivity index is 0.000000251. The van der Waals surface area contributed by atoms with E-state index >= 15 is 0 Å². The van der Waals surface area contributed by atoms with Crippen molar-refractivity contribution in [1.82, 2.24) is 25.0 Å². The molecule has 0 amide bonds. The second-order valence-corrected chi connectivity index (χ2v) is 9.15. The molecule has 1 atom stereocenters. The number of hydrogen-bond donors (Lipinski definition) is 1. The van der Waals surface area contributed by atoms with Gasteiger partial charge in [-0.05, 0) is 49.3 Å². The minimum absolute atomic E-state index is 0.0806. The predicted molar refractivity (Wildman–Crippen MR) is 135 cm³/mol. The van der Waals surface area contributed by atoms with Crippen LogP contribution < -0.4 is 5.32 Å². The first-order valence-electron chi connectivity index (χ1n) is 12.2. The molecule has 36 heavy (non-hydrogen) atoms. The van der Waals surface area contributed by atoms with Gasteiger partial charge >= 0.3 is 0 Å². The molecule has 190 valence electrons. The van der Waals surface area contributed by atoms with Gasteiger partial charge in [0.15, 0.2) is 0 Å². The third-order valence-electron chi connectivity index (χ3n) is 6.53.